The van der Waals surface area contributed by atoms with Gasteiger partial charge in [0.15, 0.2) is 0 Å². The molecule has 0 heterocycles. The smallest absolute Gasteiger partial charge is 0.0283 e. The number of fused-ring (bicyclic) bond motifs is 1. The minimum atomic E-state index is 0.921. The van der Waals surface area contributed by atoms with E-state index in [0.717, 1.165) is 6.04 Å². The van der Waals surface area contributed by atoms with Gasteiger partial charge in [-0.3, -0.25) is 0 Å². The number of hydrogen-bond acceptors (Lipinski definition) is 0. The molecule has 0 atom stereocenters. The van der Waals surface area contributed by atoms with Crippen molar-refractivity contribution in [1.29, 1.82) is 0 Å². The molecule has 0 spiro atoms. The van der Waals surface area contributed by atoms with Gasteiger partial charge in [-0.2, -0.15) is 0 Å². The van der Waals surface area contributed by atoms with E-state index in [0.29, 0.717) is 0 Å². The predicted octanol–water partition coefficient (Wildman–Crippen LogP) is 2.51. The average molecular weight is 169 g/mol. The third kappa shape index (κ3) is 1.28. The highest BCUT2D eigenvalue weighted by atomic mass is 28.1. The van der Waals surface area contributed by atoms with Crippen LogP contribution in [0.25, 0.3) is 10.8 Å². The lowest BCUT2D eigenvalue weighted by atomic mass is 10.1. The van der Waals surface area contributed by atoms with Crippen LogP contribution in [0.2, 0.25) is 0 Å². The van der Waals surface area contributed by atoms with Crippen molar-refractivity contribution in [2.24, 2.45) is 0 Å². The molecule has 0 fully saturated rings. The van der Waals surface area contributed by atoms with Gasteiger partial charge in [-0.25, -0.2) is 0 Å². The molecule has 2 aromatic carbocycles. The topological polar surface area (TPSA) is 0 Å². The quantitative estimate of drug-likeness (QED) is 0.575. The van der Waals surface area contributed by atoms with Crippen LogP contribution in [0.15, 0.2) is 42.5 Å². The zero-order valence-electron chi connectivity index (χ0n) is 6.75. The highest BCUT2D eigenvalue weighted by Crippen LogP contribution is 2.15. The first-order valence-corrected chi connectivity index (χ1v) is 4.73. The minimum absolute atomic E-state index is 0.921. The number of hydrogen-bond donors (Lipinski definition) is 0. The van der Waals surface area contributed by atoms with Gasteiger partial charge in [-0.15, -0.1) is 0 Å². The molecule has 0 aliphatic rings. The van der Waals surface area contributed by atoms with Gasteiger partial charge in [-0.05, 0) is 16.8 Å². The van der Waals surface area contributed by atoms with E-state index in [1.807, 2.05) is 0 Å². The van der Waals surface area contributed by atoms with Crippen molar-refractivity contribution in [3.63, 3.8) is 0 Å². The lowest BCUT2D eigenvalue weighted by Gasteiger charge is -1.99. The molecule has 0 amide bonds. The first-order chi connectivity index (χ1) is 5.90. The van der Waals surface area contributed by atoms with Crippen LogP contribution in [-0.4, -0.2) is 10.2 Å². The van der Waals surface area contributed by atoms with E-state index in [1.165, 1.54) is 16.3 Å². The summed E-state index contributed by atoms with van der Waals surface area (Å²) >= 11 is 0. The van der Waals surface area contributed by atoms with Crippen molar-refractivity contribution in [2.45, 2.75) is 6.04 Å². The van der Waals surface area contributed by atoms with Crippen LogP contribution in [0.4, 0.5) is 0 Å². The average Bonchev–Trinajstić information content (AvgIpc) is 2.17. The Hall–Kier alpha value is -1.08. The van der Waals surface area contributed by atoms with Crippen LogP contribution in [0.1, 0.15) is 5.56 Å². The Bertz CT molecular complexity index is 393. The fourth-order valence-electron chi connectivity index (χ4n) is 1.35. The summed E-state index contributed by atoms with van der Waals surface area (Å²) in [7, 11) is 3.49. The number of rotatable bonds is 1. The Kier molecular flexibility index (Phi) is 1.96. The standard InChI is InChI=1S/C11H9Si/c12-8-9-5-6-10-3-1-2-4-11(10)7-9/h1-7H,8H2. The van der Waals surface area contributed by atoms with Crippen molar-refractivity contribution in [1.82, 2.24) is 0 Å². The molecule has 3 radical (unpaired) electrons. The molecule has 0 aliphatic heterocycles. The van der Waals surface area contributed by atoms with E-state index in [4.69, 9.17) is 0 Å². The van der Waals surface area contributed by atoms with Gasteiger partial charge in [-0.1, -0.05) is 48.0 Å². The molecular formula is C11H9Si. The summed E-state index contributed by atoms with van der Waals surface area (Å²) in [4.78, 5) is 0. The van der Waals surface area contributed by atoms with Crippen LogP contribution < -0.4 is 0 Å². The fraction of sp³-hybridized carbons (Fsp3) is 0.0909. The summed E-state index contributed by atoms with van der Waals surface area (Å²) in [6.45, 7) is 0. The van der Waals surface area contributed by atoms with Gasteiger partial charge < -0.3 is 0 Å². The van der Waals surface area contributed by atoms with Crippen LogP contribution in [0, 0.1) is 0 Å². The van der Waals surface area contributed by atoms with Gasteiger partial charge in [0, 0.05) is 10.2 Å². The van der Waals surface area contributed by atoms with Crippen LogP contribution in [0.5, 0.6) is 0 Å². The zero-order valence-corrected chi connectivity index (χ0v) is 7.75. The third-order valence-corrected chi connectivity index (χ3v) is 2.43. The van der Waals surface area contributed by atoms with Crippen molar-refractivity contribution in [2.75, 3.05) is 0 Å². The fourth-order valence-corrected chi connectivity index (χ4v) is 1.57. The van der Waals surface area contributed by atoms with E-state index in [-0.39, 0.29) is 0 Å². The third-order valence-electron chi connectivity index (χ3n) is 2.02. The second kappa shape index (κ2) is 3.11. The van der Waals surface area contributed by atoms with Crippen molar-refractivity contribution in [3.05, 3.63) is 48.0 Å². The molecule has 0 nitrogen and oxygen atoms in total. The van der Waals surface area contributed by atoms with E-state index in [2.05, 4.69) is 52.7 Å². The molecule has 12 heavy (non-hydrogen) atoms. The van der Waals surface area contributed by atoms with Gasteiger partial charge in [0.2, 0.25) is 0 Å². The molecule has 57 valence electrons. The maximum Gasteiger partial charge on any atom is 0.0283 e. The molecule has 1 heteroatoms. The highest BCUT2D eigenvalue weighted by Gasteiger charge is 1.92. The van der Waals surface area contributed by atoms with Crippen LogP contribution in [0.3, 0.4) is 0 Å². The molecular weight excluding hydrogens is 160 g/mol. The van der Waals surface area contributed by atoms with Crippen LogP contribution in [-0.2, 0) is 6.04 Å². The summed E-state index contributed by atoms with van der Waals surface area (Å²) in [5.41, 5.74) is 1.32. The van der Waals surface area contributed by atoms with Gasteiger partial charge in [0.25, 0.3) is 0 Å². The molecule has 0 aromatic heterocycles. The van der Waals surface area contributed by atoms with Gasteiger partial charge >= 0.3 is 0 Å². The van der Waals surface area contributed by atoms with E-state index < -0.39 is 0 Å². The normalized spacial score (nSPS) is 10.4. The minimum Gasteiger partial charge on any atom is -0.0616 e. The van der Waals surface area contributed by atoms with Gasteiger partial charge in [0.05, 0.1) is 0 Å². The Labute approximate surface area is 75.6 Å². The van der Waals surface area contributed by atoms with Gasteiger partial charge in [0.1, 0.15) is 0 Å². The maximum absolute atomic E-state index is 3.49. The second-order valence-corrected chi connectivity index (χ2v) is 3.21. The second-order valence-electron chi connectivity index (χ2n) is 2.86. The zero-order chi connectivity index (χ0) is 8.39. The van der Waals surface area contributed by atoms with E-state index in [9.17, 15) is 0 Å². The Morgan fingerprint density at radius 1 is 0.917 bits per heavy atom. The summed E-state index contributed by atoms with van der Waals surface area (Å²) in [5, 5.41) is 2.62. The molecule has 0 N–H and O–H groups in total. The number of benzene rings is 2. The monoisotopic (exact) mass is 169 g/mol. The van der Waals surface area contributed by atoms with Crippen molar-refractivity contribution < 1.29 is 0 Å². The van der Waals surface area contributed by atoms with Crippen molar-refractivity contribution in [3.8, 4) is 0 Å². The Balaban J connectivity index is 2.67. The predicted molar refractivity (Wildman–Crippen MR) is 53.4 cm³/mol. The molecule has 2 rings (SSSR count). The Morgan fingerprint density at radius 3 is 2.42 bits per heavy atom. The van der Waals surface area contributed by atoms with Crippen LogP contribution >= 0.6 is 0 Å². The first-order valence-electron chi connectivity index (χ1n) is 4.02. The summed E-state index contributed by atoms with van der Waals surface area (Å²) in [6, 6.07) is 15.8. The lowest BCUT2D eigenvalue weighted by Crippen LogP contribution is -1.82. The molecule has 0 aliphatic carbocycles. The van der Waals surface area contributed by atoms with Crippen molar-refractivity contribution >= 4 is 21.0 Å². The molecule has 2 aromatic rings. The molecule has 0 saturated heterocycles. The maximum atomic E-state index is 3.49. The largest absolute Gasteiger partial charge is 0.0616 e. The summed E-state index contributed by atoms with van der Waals surface area (Å²) in [5.74, 6) is 0. The van der Waals surface area contributed by atoms with E-state index in [1.54, 1.807) is 0 Å². The molecule has 0 bridgehead atoms. The molecule has 0 unspecified atom stereocenters. The first kappa shape index (κ1) is 7.56. The summed E-state index contributed by atoms with van der Waals surface area (Å²) < 4.78 is 0. The Morgan fingerprint density at radius 2 is 1.67 bits per heavy atom. The SMILES string of the molecule is [Si]Cc1ccc2ccccc2c1. The molecule has 0 saturated carbocycles. The highest BCUT2D eigenvalue weighted by molar-refractivity contribution is 6.08. The van der Waals surface area contributed by atoms with E-state index >= 15 is 0 Å². The lowest BCUT2D eigenvalue weighted by molar-refractivity contribution is 1.42. The summed E-state index contributed by atoms with van der Waals surface area (Å²) in [6.07, 6.45) is 0.